The van der Waals surface area contributed by atoms with Crippen LogP contribution in [-0.2, 0) is 6.42 Å². The number of nitrogens with one attached hydrogen (secondary N) is 1. The zero-order valence-corrected chi connectivity index (χ0v) is 13.3. The Balaban J connectivity index is 1.81. The highest BCUT2D eigenvalue weighted by Gasteiger charge is 2.23. The highest BCUT2D eigenvalue weighted by atomic mass is 16.4. The van der Waals surface area contributed by atoms with Crippen LogP contribution in [0.25, 0.3) is 16.9 Å². The minimum atomic E-state index is -0.925. The highest BCUT2D eigenvalue weighted by Crippen LogP contribution is 2.34. The maximum absolute atomic E-state index is 11.0. The van der Waals surface area contributed by atoms with Gasteiger partial charge in [-0.3, -0.25) is 0 Å². The smallest absolute Gasteiger partial charge is 0.335 e. The summed E-state index contributed by atoms with van der Waals surface area (Å²) in [6.07, 6.45) is 0.936. The summed E-state index contributed by atoms with van der Waals surface area (Å²) in [6, 6.07) is 15.1. The van der Waals surface area contributed by atoms with Crippen molar-refractivity contribution in [2.24, 2.45) is 0 Å². The SMILES string of the molecule is Cc1ccc(-c2nn(-c3ccc(C(=O)O)cc3)c3c2CCN3)cc1. The zero-order valence-electron chi connectivity index (χ0n) is 13.3. The first kappa shape index (κ1) is 14.5. The first-order valence-electron chi connectivity index (χ1n) is 7.90. The minimum absolute atomic E-state index is 0.272. The first-order valence-corrected chi connectivity index (χ1v) is 7.90. The van der Waals surface area contributed by atoms with E-state index in [0.717, 1.165) is 35.7 Å². The number of carboxylic acid groups (broad SMARTS) is 1. The largest absolute Gasteiger partial charge is 0.478 e. The lowest BCUT2D eigenvalue weighted by molar-refractivity contribution is 0.0697. The molecule has 24 heavy (non-hydrogen) atoms. The Kier molecular flexibility index (Phi) is 3.34. The Morgan fingerprint density at radius 1 is 1.12 bits per heavy atom. The summed E-state index contributed by atoms with van der Waals surface area (Å²) in [5.41, 5.74) is 5.63. The molecule has 0 unspecified atom stereocenters. The second kappa shape index (κ2) is 5.53. The molecule has 0 saturated heterocycles. The average molecular weight is 319 g/mol. The van der Waals surface area contributed by atoms with Gasteiger partial charge in [0.1, 0.15) is 5.82 Å². The van der Waals surface area contributed by atoms with Crippen molar-refractivity contribution in [2.75, 3.05) is 11.9 Å². The maximum Gasteiger partial charge on any atom is 0.335 e. The molecule has 0 saturated carbocycles. The lowest BCUT2D eigenvalue weighted by Crippen LogP contribution is -2.05. The molecule has 1 aliphatic heterocycles. The molecule has 2 heterocycles. The van der Waals surface area contributed by atoms with Crippen molar-refractivity contribution in [2.45, 2.75) is 13.3 Å². The molecule has 120 valence electrons. The number of rotatable bonds is 3. The van der Waals surface area contributed by atoms with Crippen LogP contribution in [0.5, 0.6) is 0 Å². The lowest BCUT2D eigenvalue weighted by Gasteiger charge is -2.06. The number of fused-ring (bicyclic) bond motifs is 1. The Hall–Kier alpha value is -3.08. The predicted octanol–water partition coefficient (Wildman–Crippen LogP) is 3.51. The number of benzene rings is 2. The van der Waals surface area contributed by atoms with Gasteiger partial charge in [0.15, 0.2) is 0 Å². The van der Waals surface area contributed by atoms with Crippen LogP contribution in [0.3, 0.4) is 0 Å². The second-order valence-electron chi connectivity index (χ2n) is 5.98. The van der Waals surface area contributed by atoms with Crippen molar-refractivity contribution in [3.63, 3.8) is 0 Å². The van der Waals surface area contributed by atoms with Gasteiger partial charge in [-0.1, -0.05) is 29.8 Å². The van der Waals surface area contributed by atoms with Crippen LogP contribution in [-0.4, -0.2) is 27.4 Å². The molecule has 0 fully saturated rings. The molecule has 0 spiro atoms. The normalized spacial score (nSPS) is 12.7. The van der Waals surface area contributed by atoms with E-state index in [1.807, 2.05) is 4.68 Å². The first-order chi connectivity index (χ1) is 11.6. The maximum atomic E-state index is 11.0. The molecule has 0 radical (unpaired) electrons. The van der Waals surface area contributed by atoms with Gasteiger partial charge in [-0.05, 0) is 37.6 Å². The number of anilines is 1. The fraction of sp³-hybridized carbons (Fsp3) is 0.158. The van der Waals surface area contributed by atoms with Crippen molar-refractivity contribution in [3.05, 3.63) is 65.2 Å². The van der Waals surface area contributed by atoms with E-state index >= 15 is 0 Å². The fourth-order valence-electron chi connectivity index (χ4n) is 3.05. The van der Waals surface area contributed by atoms with Gasteiger partial charge in [0.25, 0.3) is 0 Å². The summed E-state index contributed by atoms with van der Waals surface area (Å²) in [5, 5.41) is 17.2. The van der Waals surface area contributed by atoms with E-state index < -0.39 is 5.97 Å². The van der Waals surface area contributed by atoms with Gasteiger partial charge in [0.2, 0.25) is 0 Å². The van der Waals surface area contributed by atoms with Gasteiger partial charge in [-0.25, -0.2) is 9.48 Å². The number of nitrogens with zero attached hydrogens (tertiary/aromatic N) is 2. The lowest BCUT2D eigenvalue weighted by atomic mass is 10.1. The molecular formula is C19H17N3O2. The average Bonchev–Trinajstić information content (AvgIpc) is 3.18. The van der Waals surface area contributed by atoms with Crippen molar-refractivity contribution < 1.29 is 9.90 Å². The summed E-state index contributed by atoms with van der Waals surface area (Å²) < 4.78 is 1.86. The molecule has 0 aliphatic carbocycles. The van der Waals surface area contributed by atoms with E-state index in [-0.39, 0.29) is 5.56 Å². The quantitative estimate of drug-likeness (QED) is 0.775. The summed E-state index contributed by atoms with van der Waals surface area (Å²) in [6.45, 7) is 2.96. The van der Waals surface area contributed by atoms with Crippen LogP contribution in [0.15, 0.2) is 48.5 Å². The second-order valence-corrected chi connectivity index (χ2v) is 5.98. The standard InChI is InChI=1S/C19H17N3O2/c1-12-2-4-13(5-3-12)17-16-10-11-20-18(16)22(21-17)15-8-6-14(7-9-15)19(23)24/h2-9,20H,10-11H2,1H3,(H,23,24). The number of carbonyl (C=O) groups is 1. The van der Waals surface area contributed by atoms with E-state index in [1.165, 1.54) is 11.1 Å². The number of aryl methyl sites for hydroxylation is 1. The van der Waals surface area contributed by atoms with Crippen LogP contribution in [0.1, 0.15) is 21.5 Å². The number of hydrogen-bond donors (Lipinski definition) is 2. The van der Waals surface area contributed by atoms with Gasteiger partial charge in [-0.15, -0.1) is 0 Å². The van der Waals surface area contributed by atoms with Crippen molar-refractivity contribution >= 4 is 11.8 Å². The third-order valence-electron chi connectivity index (χ3n) is 4.33. The summed E-state index contributed by atoms with van der Waals surface area (Å²) >= 11 is 0. The van der Waals surface area contributed by atoms with E-state index in [2.05, 4.69) is 36.5 Å². The number of hydrogen-bond acceptors (Lipinski definition) is 3. The van der Waals surface area contributed by atoms with Gasteiger partial charge in [-0.2, -0.15) is 5.10 Å². The summed E-state index contributed by atoms with van der Waals surface area (Å²) in [7, 11) is 0. The molecule has 0 bridgehead atoms. The van der Waals surface area contributed by atoms with Crippen molar-refractivity contribution in [3.8, 4) is 16.9 Å². The van der Waals surface area contributed by atoms with Crippen molar-refractivity contribution in [1.82, 2.24) is 9.78 Å². The molecule has 1 aromatic heterocycles. The molecule has 4 rings (SSSR count). The topological polar surface area (TPSA) is 67.2 Å². The molecule has 5 heteroatoms. The zero-order chi connectivity index (χ0) is 16.7. The van der Waals surface area contributed by atoms with Crippen molar-refractivity contribution in [1.29, 1.82) is 0 Å². The molecule has 3 aromatic rings. The van der Waals surface area contributed by atoms with Crippen LogP contribution in [0, 0.1) is 6.92 Å². The van der Waals surface area contributed by atoms with Crippen LogP contribution >= 0.6 is 0 Å². The van der Waals surface area contributed by atoms with E-state index in [4.69, 9.17) is 10.2 Å². The Labute approximate surface area is 139 Å². The van der Waals surface area contributed by atoms with E-state index in [0.29, 0.717) is 0 Å². The van der Waals surface area contributed by atoms with E-state index in [9.17, 15) is 4.79 Å². The third kappa shape index (κ3) is 2.34. The fourth-order valence-corrected chi connectivity index (χ4v) is 3.05. The Morgan fingerprint density at radius 3 is 2.50 bits per heavy atom. The number of aromatic nitrogens is 2. The van der Waals surface area contributed by atoms with Crippen LogP contribution in [0.4, 0.5) is 5.82 Å². The molecule has 0 atom stereocenters. The van der Waals surface area contributed by atoms with Crippen LogP contribution in [0.2, 0.25) is 0 Å². The van der Waals surface area contributed by atoms with Gasteiger partial charge in [0.05, 0.1) is 16.9 Å². The summed E-state index contributed by atoms with van der Waals surface area (Å²) in [4.78, 5) is 11.0. The van der Waals surface area contributed by atoms with Gasteiger partial charge in [0, 0.05) is 17.7 Å². The van der Waals surface area contributed by atoms with Crippen LogP contribution < -0.4 is 5.32 Å². The molecule has 5 nitrogen and oxygen atoms in total. The molecule has 1 aliphatic rings. The summed E-state index contributed by atoms with van der Waals surface area (Å²) in [5.74, 6) is 0.0689. The number of carboxylic acids is 1. The predicted molar refractivity (Wildman–Crippen MR) is 92.9 cm³/mol. The Morgan fingerprint density at radius 2 is 1.83 bits per heavy atom. The highest BCUT2D eigenvalue weighted by molar-refractivity contribution is 5.87. The Bertz CT molecular complexity index is 909. The molecule has 2 aromatic carbocycles. The molecule has 0 amide bonds. The van der Waals surface area contributed by atoms with E-state index in [1.54, 1.807) is 24.3 Å². The molecule has 2 N–H and O–H groups in total. The van der Waals surface area contributed by atoms with Gasteiger partial charge < -0.3 is 10.4 Å². The molecular weight excluding hydrogens is 302 g/mol. The van der Waals surface area contributed by atoms with Gasteiger partial charge >= 0.3 is 5.97 Å². The minimum Gasteiger partial charge on any atom is -0.478 e. The number of aromatic carboxylic acids is 1. The monoisotopic (exact) mass is 319 g/mol. The third-order valence-corrected chi connectivity index (χ3v) is 4.33.